The van der Waals surface area contributed by atoms with Gasteiger partial charge in [0.15, 0.2) is 5.82 Å². The van der Waals surface area contributed by atoms with Crippen LogP contribution in [0.2, 0.25) is 0 Å². The molecule has 0 bridgehead atoms. The fourth-order valence-electron chi connectivity index (χ4n) is 2.78. The van der Waals surface area contributed by atoms with E-state index in [4.69, 9.17) is 10.3 Å². The summed E-state index contributed by atoms with van der Waals surface area (Å²) in [5.41, 5.74) is 7.37. The summed E-state index contributed by atoms with van der Waals surface area (Å²) in [6, 6.07) is 7.46. The van der Waals surface area contributed by atoms with Crippen LogP contribution in [-0.2, 0) is 11.2 Å². The highest BCUT2D eigenvalue weighted by Crippen LogP contribution is 2.27. The number of amides is 1. The average Bonchev–Trinajstić information content (AvgIpc) is 2.96. The number of aryl methyl sites for hydroxylation is 1. The van der Waals surface area contributed by atoms with E-state index in [9.17, 15) is 4.79 Å². The zero-order valence-electron chi connectivity index (χ0n) is 12.7. The third-order valence-corrected chi connectivity index (χ3v) is 4.08. The molecule has 1 fully saturated rings. The van der Waals surface area contributed by atoms with E-state index >= 15 is 0 Å². The lowest BCUT2D eigenvalue weighted by atomic mass is 9.96. The smallest absolute Gasteiger partial charge is 0.229 e. The van der Waals surface area contributed by atoms with Crippen molar-refractivity contribution in [2.75, 3.05) is 18.8 Å². The third-order valence-electron chi connectivity index (χ3n) is 4.08. The minimum absolute atomic E-state index is 0.157. The van der Waals surface area contributed by atoms with Crippen molar-refractivity contribution in [3.8, 4) is 0 Å². The molecule has 0 aliphatic carbocycles. The monoisotopic (exact) mass is 300 g/mol. The number of piperidine rings is 1. The lowest BCUT2D eigenvalue weighted by Gasteiger charge is -2.30. The van der Waals surface area contributed by atoms with E-state index in [2.05, 4.69) is 10.1 Å². The number of likely N-dealkylation sites (tertiary alicyclic amines) is 1. The molecule has 3 rings (SSSR count). The summed E-state index contributed by atoms with van der Waals surface area (Å²) in [6.07, 6.45) is 2.16. The number of hydrogen-bond donors (Lipinski definition) is 1. The van der Waals surface area contributed by atoms with E-state index in [-0.39, 0.29) is 11.8 Å². The molecule has 0 unspecified atom stereocenters. The number of benzene rings is 1. The standard InChI is InChI=1S/C16H20N4O2/c1-11-18-16(22-19-11)13-6-8-20(9-7-13)15(21)10-12-2-4-14(17)5-3-12/h2-5,13H,6-10,17H2,1H3. The number of nitrogens with two attached hydrogens (primary N) is 1. The Bertz CT molecular complexity index is 642. The predicted molar refractivity (Wildman–Crippen MR) is 82.1 cm³/mol. The Balaban J connectivity index is 1.54. The number of nitrogens with zero attached hydrogens (tertiary/aromatic N) is 3. The van der Waals surface area contributed by atoms with Crippen molar-refractivity contribution < 1.29 is 9.32 Å². The van der Waals surface area contributed by atoms with Crippen LogP contribution < -0.4 is 5.73 Å². The zero-order chi connectivity index (χ0) is 15.5. The molecule has 1 aliphatic heterocycles. The van der Waals surface area contributed by atoms with Crippen LogP contribution >= 0.6 is 0 Å². The number of anilines is 1. The Labute approximate surface area is 129 Å². The molecule has 1 aliphatic rings. The van der Waals surface area contributed by atoms with Crippen LogP contribution in [0, 0.1) is 6.92 Å². The highest BCUT2D eigenvalue weighted by Gasteiger charge is 2.27. The minimum atomic E-state index is 0.157. The van der Waals surface area contributed by atoms with Gasteiger partial charge in [-0.2, -0.15) is 4.98 Å². The second kappa shape index (κ2) is 6.17. The number of carbonyl (C=O) groups excluding carboxylic acids is 1. The molecular weight excluding hydrogens is 280 g/mol. The molecule has 22 heavy (non-hydrogen) atoms. The maximum absolute atomic E-state index is 12.3. The SMILES string of the molecule is Cc1noc(C2CCN(C(=O)Cc3ccc(N)cc3)CC2)n1. The predicted octanol–water partition coefficient (Wildman–Crippen LogP) is 1.91. The van der Waals surface area contributed by atoms with Crippen LogP contribution in [0.3, 0.4) is 0 Å². The van der Waals surface area contributed by atoms with Crippen molar-refractivity contribution >= 4 is 11.6 Å². The van der Waals surface area contributed by atoms with Crippen LogP contribution in [0.25, 0.3) is 0 Å². The molecule has 0 radical (unpaired) electrons. The molecule has 1 aromatic carbocycles. The van der Waals surface area contributed by atoms with E-state index in [1.165, 1.54) is 0 Å². The maximum atomic E-state index is 12.3. The van der Waals surface area contributed by atoms with Crippen molar-refractivity contribution in [2.24, 2.45) is 0 Å². The summed E-state index contributed by atoms with van der Waals surface area (Å²) in [5, 5.41) is 3.83. The fourth-order valence-corrected chi connectivity index (χ4v) is 2.78. The van der Waals surface area contributed by atoms with E-state index in [1.54, 1.807) is 0 Å². The van der Waals surface area contributed by atoms with E-state index < -0.39 is 0 Å². The van der Waals surface area contributed by atoms with Crippen LogP contribution in [0.15, 0.2) is 28.8 Å². The minimum Gasteiger partial charge on any atom is -0.399 e. The summed E-state index contributed by atoms with van der Waals surface area (Å²) in [5.74, 6) is 1.78. The Hall–Kier alpha value is -2.37. The molecule has 0 spiro atoms. The van der Waals surface area contributed by atoms with Crippen LogP contribution in [0.4, 0.5) is 5.69 Å². The van der Waals surface area contributed by atoms with Crippen molar-refractivity contribution in [1.29, 1.82) is 0 Å². The lowest BCUT2D eigenvalue weighted by molar-refractivity contribution is -0.131. The summed E-state index contributed by atoms with van der Waals surface area (Å²) in [7, 11) is 0. The molecule has 2 aromatic rings. The fraction of sp³-hybridized carbons (Fsp3) is 0.438. The van der Waals surface area contributed by atoms with E-state index in [1.807, 2.05) is 36.1 Å². The van der Waals surface area contributed by atoms with Gasteiger partial charge in [0.2, 0.25) is 11.8 Å². The molecule has 6 heteroatoms. The topological polar surface area (TPSA) is 85.2 Å². The average molecular weight is 300 g/mol. The van der Waals surface area contributed by atoms with Gasteiger partial charge in [-0.25, -0.2) is 0 Å². The van der Waals surface area contributed by atoms with Gasteiger partial charge in [0.05, 0.1) is 6.42 Å². The van der Waals surface area contributed by atoms with Gasteiger partial charge in [0.25, 0.3) is 0 Å². The number of nitrogen functional groups attached to an aromatic ring is 1. The van der Waals surface area contributed by atoms with Gasteiger partial charge >= 0.3 is 0 Å². The zero-order valence-corrected chi connectivity index (χ0v) is 12.7. The van der Waals surface area contributed by atoms with Gasteiger partial charge in [-0.15, -0.1) is 0 Å². The molecule has 2 heterocycles. The van der Waals surface area contributed by atoms with Crippen LogP contribution in [-0.4, -0.2) is 34.0 Å². The maximum Gasteiger partial charge on any atom is 0.229 e. The first-order valence-electron chi connectivity index (χ1n) is 7.54. The van der Waals surface area contributed by atoms with Gasteiger partial charge in [-0.1, -0.05) is 17.3 Å². The Kier molecular flexibility index (Phi) is 4.09. The molecule has 1 amide bonds. The number of carbonyl (C=O) groups is 1. The lowest BCUT2D eigenvalue weighted by Crippen LogP contribution is -2.38. The summed E-state index contributed by atoms with van der Waals surface area (Å²) >= 11 is 0. The van der Waals surface area contributed by atoms with Crippen molar-refractivity contribution in [3.63, 3.8) is 0 Å². The second-order valence-electron chi connectivity index (χ2n) is 5.75. The molecule has 1 saturated heterocycles. The van der Waals surface area contributed by atoms with E-state index in [0.717, 1.165) is 31.5 Å². The van der Waals surface area contributed by atoms with Gasteiger partial charge in [0, 0.05) is 24.7 Å². The molecule has 1 aromatic heterocycles. The van der Waals surface area contributed by atoms with Gasteiger partial charge in [-0.05, 0) is 37.5 Å². The second-order valence-corrected chi connectivity index (χ2v) is 5.75. The highest BCUT2D eigenvalue weighted by molar-refractivity contribution is 5.79. The summed E-state index contributed by atoms with van der Waals surface area (Å²) in [6.45, 7) is 3.29. The molecule has 0 atom stereocenters. The molecule has 116 valence electrons. The largest absolute Gasteiger partial charge is 0.399 e. The third kappa shape index (κ3) is 3.27. The van der Waals surface area contributed by atoms with Crippen molar-refractivity contribution in [2.45, 2.75) is 32.1 Å². The van der Waals surface area contributed by atoms with E-state index in [0.29, 0.717) is 23.8 Å². The number of hydrogen-bond acceptors (Lipinski definition) is 5. The number of aromatic nitrogens is 2. The van der Waals surface area contributed by atoms with Gasteiger partial charge in [-0.3, -0.25) is 4.79 Å². The quantitative estimate of drug-likeness (QED) is 0.875. The van der Waals surface area contributed by atoms with Crippen LogP contribution in [0.5, 0.6) is 0 Å². The van der Waals surface area contributed by atoms with Crippen molar-refractivity contribution in [3.05, 3.63) is 41.5 Å². The van der Waals surface area contributed by atoms with Gasteiger partial charge < -0.3 is 15.2 Å². The number of rotatable bonds is 3. The molecule has 6 nitrogen and oxygen atoms in total. The first-order chi connectivity index (χ1) is 10.6. The normalized spacial score (nSPS) is 16.0. The first kappa shape index (κ1) is 14.6. The highest BCUT2D eigenvalue weighted by atomic mass is 16.5. The summed E-state index contributed by atoms with van der Waals surface area (Å²) < 4.78 is 5.23. The Morgan fingerprint density at radius 1 is 1.32 bits per heavy atom. The molecule has 2 N–H and O–H groups in total. The van der Waals surface area contributed by atoms with Gasteiger partial charge in [0.1, 0.15) is 0 Å². The summed E-state index contributed by atoms with van der Waals surface area (Å²) in [4.78, 5) is 18.5. The Morgan fingerprint density at radius 2 is 2.00 bits per heavy atom. The molecule has 0 saturated carbocycles. The molecular formula is C16H20N4O2. The first-order valence-corrected chi connectivity index (χ1v) is 7.54. The Morgan fingerprint density at radius 3 is 2.59 bits per heavy atom. The van der Waals surface area contributed by atoms with Crippen molar-refractivity contribution in [1.82, 2.24) is 15.0 Å². The van der Waals surface area contributed by atoms with Crippen LogP contribution in [0.1, 0.15) is 36.0 Å².